The normalized spacial score (nSPS) is 10.7. The number of benzene rings is 3. The Bertz CT molecular complexity index is 949. The van der Waals surface area contributed by atoms with E-state index in [-0.39, 0.29) is 0 Å². The van der Waals surface area contributed by atoms with Gasteiger partial charge in [0.25, 0.3) is 0 Å². The maximum atomic E-state index is 6.07. The van der Waals surface area contributed by atoms with Crippen LogP contribution in [0.15, 0.2) is 91.0 Å². The molecule has 0 saturated carbocycles. The predicted octanol–water partition coefficient (Wildman–Crippen LogP) is 5.48. The van der Waals surface area contributed by atoms with Gasteiger partial charge < -0.3 is 4.74 Å². The van der Waals surface area contributed by atoms with E-state index < -0.39 is 0 Å². The highest BCUT2D eigenvalue weighted by atomic mass is 16.5. The summed E-state index contributed by atoms with van der Waals surface area (Å²) in [6.45, 7) is 0.506. The van der Waals surface area contributed by atoms with E-state index in [0.29, 0.717) is 12.5 Å². The third-order valence-corrected chi connectivity index (χ3v) is 3.99. The number of fused-ring (bicyclic) bond motifs is 1. The maximum Gasteiger partial charge on any atom is 0.222 e. The average Bonchev–Trinajstić information content (AvgIpc) is 2.67. The lowest BCUT2D eigenvalue weighted by Crippen LogP contribution is -1.99. The largest absolute Gasteiger partial charge is 0.472 e. The van der Waals surface area contributed by atoms with Crippen molar-refractivity contribution in [3.63, 3.8) is 0 Å². The van der Waals surface area contributed by atoms with E-state index >= 15 is 0 Å². The molecule has 1 aromatic heterocycles. The molecule has 0 aliphatic rings. The summed E-state index contributed by atoms with van der Waals surface area (Å²) in [5.41, 5.74) is 4.20. The molecule has 0 saturated heterocycles. The monoisotopic (exact) mass is 311 g/mol. The van der Waals surface area contributed by atoms with Crippen molar-refractivity contribution < 1.29 is 4.74 Å². The SMILES string of the molecule is c1ccc(COc2nc3ccccc3cc2-c2ccccc2)cc1. The molecule has 0 N–H and O–H groups in total. The van der Waals surface area contributed by atoms with Crippen molar-refractivity contribution in [3.05, 3.63) is 96.6 Å². The number of para-hydroxylation sites is 1. The summed E-state index contributed by atoms with van der Waals surface area (Å²) >= 11 is 0. The Kier molecular flexibility index (Phi) is 3.95. The smallest absolute Gasteiger partial charge is 0.222 e. The highest BCUT2D eigenvalue weighted by molar-refractivity contribution is 5.86. The first kappa shape index (κ1) is 14.5. The fraction of sp³-hybridized carbons (Fsp3) is 0.0455. The average molecular weight is 311 g/mol. The van der Waals surface area contributed by atoms with Gasteiger partial charge in [-0.25, -0.2) is 4.98 Å². The van der Waals surface area contributed by atoms with Crippen LogP contribution in [0.3, 0.4) is 0 Å². The Hall–Kier alpha value is -3.13. The number of pyridine rings is 1. The topological polar surface area (TPSA) is 22.1 Å². The third kappa shape index (κ3) is 2.99. The first-order valence-electron chi connectivity index (χ1n) is 8.02. The van der Waals surface area contributed by atoms with Crippen LogP contribution >= 0.6 is 0 Å². The lowest BCUT2D eigenvalue weighted by Gasteiger charge is -2.12. The second kappa shape index (κ2) is 6.55. The van der Waals surface area contributed by atoms with Crippen LogP contribution in [0.1, 0.15) is 5.56 Å². The van der Waals surface area contributed by atoms with Crippen molar-refractivity contribution in [2.45, 2.75) is 6.61 Å². The third-order valence-electron chi connectivity index (χ3n) is 3.99. The summed E-state index contributed by atoms with van der Waals surface area (Å²) in [5.74, 6) is 0.670. The number of rotatable bonds is 4. The van der Waals surface area contributed by atoms with E-state index in [2.05, 4.69) is 36.4 Å². The molecule has 116 valence electrons. The molecule has 4 aromatic rings. The summed E-state index contributed by atoms with van der Waals surface area (Å²) in [4.78, 5) is 4.74. The molecule has 0 bridgehead atoms. The van der Waals surface area contributed by atoms with Crippen LogP contribution < -0.4 is 4.74 Å². The van der Waals surface area contributed by atoms with Crippen LogP contribution in [0, 0.1) is 0 Å². The molecule has 0 amide bonds. The highest BCUT2D eigenvalue weighted by Crippen LogP contribution is 2.32. The van der Waals surface area contributed by atoms with E-state index in [9.17, 15) is 0 Å². The second-order valence-corrected chi connectivity index (χ2v) is 5.67. The fourth-order valence-electron chi connectivity index (χ4n) is 2.76. The van der Waals surface area contributed by atoms with E-state index in [1.165, 1.54) is 0 Å². The first-order chi connectivity index (χ1) is 11.9. The van der Waals surface area contributed by atoms with E-state index in [1.54, 1.807) is 0 Å². The first-order valence-corrected chi connectivity index (χ1v) is 8.02. The lowest BCUT2D eigenvalue weighted by atomic mass is 10.0. The van der Waals surface area contributed by atoms with Gasteiger partial charge in [0.1, 0.15) is 6.61 Å². The molecule has 1 heterocycles. The molecule has 24 heavy (non-hydrogen) atoms. The summed E-state index contributed by atoms with van der Waals surface area (Å²) in [7, 11) is 0. The standard InChI is InChI=1S/C22H17NO/c1-3-9-17(10-4-1)16-24-22-20(18-11-5-2-6-12-18)15-19-13-7-8-14-21(19)23-22/h1-15H,16H2. The summed E-state index contributed by atoms with van der Waals surface area (Å²) < 4.78 is 6.07. The van der Waals surface area contributed by atoms with Crippen molar-refractivity contribution in [2.24, 2.45) is 0 Å². The van der Waals surface area contributed by atoms with Crippen molar-refractivity contribution in [1.29, 1.82) is 0 Å². The van der Waals surface area contributed by atoms with Crippen LogP contribution in [0.4, 0.5) is 0 Å². The minimum absolute atomic E-state index is 0.506. The molecular formula is C22H17NO. The Morgan fingerprint density at radius 1 is 0.708 bits per heavy atom. The minimum Gasteiger partial charge on any atom is -0.472 e. The van der Waals surface area contributed by atoms with Gasteiger partial charge in [-0.15, -0.1) is 0 Å². The molecule has 0 unspecified atom stereocenters. The quantitative estimate of drug-likeness (QED) is 0.498. The van der Waals surface area contributed by atoms with Crippen LogP contribution in [0.25, 0.3) is 22.0 Å². The van der Waals surface area contributed by atoms with Crippen molar-refractivity contribution in [3.8, 4) is 17.0 Å². The van der Waals surface area contributed by atoms with Gasteiger partial charge in [0, 0.05) is 10.9 Å². The number of hydrogen-bond donors (Lipinski definition) is 0. The van der Waals surface area contributed by atoms with Gasteiger partial charge in [0.15, 0.2) is 0 Å². The van der Waals surface area contributed by atoms with Crippen LogP contribution in [-0.4, -0.2) is 4.98 Å². The Morgan fingerprint density at radius 3 is 2.17 bits per heavy atom. The van der Waals surface area contributed by atoms with Gasteiger partial charge in [-0.05, 0) is 23.3 Å². The fourth-order valence-corrected chi connectivity index (χ4v) is 2.76. The molecule has 0 fully saturated rings. The van der Waals surface area contributed by atoms with Gasteiger partial charge in [0.2, 0.25) is 5.88 Å². The zero-order chi connectivity index (χ0) is 16.2. The Balaban J connectivity index is 1.77. The number of nitrogens with zero attached hydrogens (tertiary/aromatic N) is 1. The molecule has 2 nitrogen and oxygen atoms in total. The van der Waals surface area contributed by atoms with Gasteiger partial charge in [-0.1, -0.05) is 78.9 Å². The van der Waals surface area contributed by atoms with Gasteiger partial charge in [-0.3, -0.25) is 0 Å². The summed E-state index contributed by atoms with van der Waals surface area (Å²) in [6, 6.07) is 30.7. The van der Waals surface area contributed by atoms with Crippen molar-refractivity contribution in [1.82, 2.24) is 4.98 Å². The van der Waals surface area contributed by atoms with Crippen molar-refractivity contribution in [2.75, 3.05) is 0 Å². The van der Waals surface area contributed by atoms with E-state index in [4.69, 9.17) is 9.72 Å². The molecule has 4 rings (SSSR count). The van der Waals surface area contributed by atoms with E-state index in [0.717, 1.165) is 27.6 Å². The minimum atomic E-state index is 0.506. The molecule has 0 spiro atoms. The van der Waals surface area contributed by atoms with Crippen LogP contribution in [-0.2, 0) is 6.61 Å². The molecule has 3 aromatic carbocycles. The molecule has 2 heteroatoms. The molecule has 0 aliphatic heterocycles. The summed E-state index contributed by atoms with van der Waals surface area (Å²) in [6.07, 6.45) is 0. The molecule has 0 radical (unpaired) electrons. The number of hydrogen-bond acceptors (Lipinski definition) is 2. The Morgan fingerprint density at radius 2 is 1.38 bits per heavy atom. The predicted molar refractivity (Wildman–Crippen MR) is 98.0 cm³/mol. The second-order valence-electron chi connectivity index (χ2n) is 5.67. The lowest BCUT2D eigenvalue weighted by molar-refractivity contribution is 0.296. The highest BCUT2D eigenvalue weighted by Gasteiger charge is 2.10. The number of ether oxygens (including phenoxy) is 1. The van der Waals surface area contributed by atoms with Gasteiger partial charge >= 0.3 is 0 Å². The van der Waals surface area contributed by atoms with Gasteiger partial charge in [0.05, 0.1) is 5.52 Å². The number of aromatic nitrogens is 1. The van der Waals surface area contributed by atoms with Crippen LogP contribution in [0.5, 0.6) is 5.88 Å². The zero-order valence-corrected chi connectivity index (χ0v) is 13.2. The maximum absolute atomic E-state index is 6.07. The van der Waals surface area contributed by atoms with Crippen LogP contribution in [0.2, 0.25) is 0 Å². The van der Waals surface area contributed by atoms with Crippen molar-refractivity contribution >= 4 is 10.9 Å². The molecule has 0 atom stereocenters. The van der Waals surface area contributed by atoms with Gasteiger partial charge in [-0.2, -0.15) is 0 Å². The van der Waals surface area contributed by atoms with E-state index in [1.807, 2.05) is 54.6 Å². The zero-order valence-electron chi connectivity index (χ0n) is 13.2. The Labute approximate surface area is 141 Å². The molecule has 0 aliphatic carbocycles. The summed E-state index contributed by atoms with van der Waals surface area (Å²) in [5, 5.41) is 1.11. The molecular weight excluding hydrogens is 294 g/mol.